The van der Waals surface area contributed by atoms with Gasteiger partial charge in [-0.25, -0.2) is 0 Å². The van der Waals surface area contributed by atoms with Crippen LogP contribution in [0.5, 0.6) is 0 Å². The molecule has 0 aromatic heterocycles. The number of aryl methyl sites for hydroxylation is 1. The standard InChI is InChI=1S/C12H20N2O/c1-9-7-5-6-8-10(9)11(14-13)12(2,3)15-4/h5-8,11,14H,13H2,1-4H3. The maximum atomic E-state index is 5.61. The molecule has 0 fully saturated rings. The second-order valence-electron chi connectivity index (χ2n) is 4.26. The average molecular weight is 208 g/mol. The predicted molar refractivity (Wildman–Crippen MR) is 62.3 cm³/mol. The molecular weight excluding hydrogens is 188 g/mol. The molecule has 3 N–H and O–H groups in total. The average Bonchev–Trinajstić information content (AvgIpc) is 2.21. The fourth-order valence-corrected chi connectivity index (χ4v) is 1.69. The Morgan fingerprint density at radius 1 is 1.33 bits per heavy atom. The van der Waals surface area contributed by atoms with E-state index in [4.69, 9.17) is 10.6 Å². The molecule has 0 amide bonds. The van der Waals surface area contributed by atoms with Crippen LogP contribution in [0.15, 0.2) is 24.3 Å². The molecule has 15 heavy (non-hydrogen) atoms. The van der Waals surface area contributed by atoms with E-state index in [2.05, 4.69) is 24.5 Å². The van der Waals surface area contributed by atoms with Gasteiger partial charge in [-0.3, -0.25) is 11.3 Å². The molecule has 1 rings (SSSR count). The highest BCUT2D eigenvalue weighted by Crippen LogP contribution is 2.29. The van der Waals surface area contributed by atoms with Crippen molar-refractivity contribution in [3.05, 3.63) is 35.4 Å². The zero-order valence-electron chi connectivity index (χ0n) is 9.87. The normalized spacial score (nSPS) is 13.9. The van der Waals surface area contributed by atoms with Crippen LogP contribution < -0.4 is 11.3 Å². The molecule has 0 aliphatic rings. The molecule has 0 saturated heterocycles. The Morgan fingerprint density at radius 2 is 1.93 bits per heavy atom. The Kier molecular flexibility index (Phi) is 3.85. The zero-order chi connectivity index (χ0) is 11.5. The topological polar surface area (TPSA) is 47.3 Å². The third kappa shape index (κ3) is 2.56. The minimum Gasteiger partial charge on any atom is -0.377 e. The van der Waals surface area contributed by atoms with Crippen molar-refractivity contribution in [1.82, 2.24) is 5.43 Å². The van der Waals surface area contributed by atoms with Gasteiger partial charge in [0.1, 0.15) is 0 Å². The number of ether oxygens (including phenoxy) is 1. The summed E-state index contributed by atoms with van der Waals surface area (Å²) in [6, 6.07) is 8.17. The number of nitrogens with one attached hydrogen (secondary N) is 1. The molecule has 3 nitrogen and oxygen atoms in total. The van der Waals surface area contributed by atoms with E-state index in [9.17, 15) is 0 Å². The maximum Gasteiger partial charge on any atom is 0.0829 e. The van der Waals surface area contributed by atoms with E-state index in [-0.39, 0.29) is 11.6 Å². The molecule has 1 aromatic carbocycles. The van der Waals surface area contributed by atoms with Crippen LogP contribution in [0.4, 0.5) is 0 Å². The molecule has 1 unspecified atom stereocenters. The Balaban J connectivity index is 3.08. The Labute approximate surface area is 91.6 Å². The van der Waals surface area contributed by atoms with Crippen molar-refractivity contribution >= 4 is 0 Å². The predicted octanol–water partition coefficient (Wildman–Crippen LogP) is 1.92. The first kappa shape index (κ1) is 12.2. The second-order valence-corrected chi connectivity index (χ2v) is 4.26. The van der Waals surface area contributed by atoms with Crippen LogP contribution in [0.3, 0.4) is 0 Å². The van der Waals surface area contributed by atoms with Crippen molar-refractivity contribution < 1.29 is 4.74 Å². The molecule has 0 heterocycles. The van der Waals surface area contributed by atoms with Gasteiger partial charge in [0.25, 0.3) is 0 Å². The summed E-state index contributed by atoms with van der Waals surface area (Å²) in [7, 11) is 1.70. The maximum absolute atomic E-state index is 5.61. The van der Waals surface area contributed by atoms with Gasteiger partial charge in [0.2, 0.25) is 0 Å². The lowest BCUT2D eigenvalue weighted by molar-refractivity contribution is -0.0113. The highest BCUT2D eigenvalue weighted by atomic mass is 16.5. The van der Waals surface area contributed by atoms with Gasteiger partial charge in [-0.1, -0.05) is 24.3 Å². The molecule has 0 bridgehead atoms. The Hall–Kier alpha value is -0.900. The molecule has 1 atom stereocenters. The van der Waals surface area contributed by atoms with Gasteiger partial charge in [-0.2, -0.15) is 0 Å². The van der Waals surface area contributed by atoms with Gasteiger partial charge in [-0.15, -0.1) is 0 Å². The third-order valence-electron chi connectivity index (χ3n) is 2.89. The largest absolute Gasteiger partial charge is 0.377 e. The zero-order valence-corrected chi connectivity index (χ0v) is 9.87. The van der Waals surface area contributed by atoms with Crippen molar-refractivity contribution in [2.24, 2.45) is 5.84 Å². The first-order chi connectivity index (χ1) is 7.03. The van der Waals surface area contributed by atoms with Crippen molar-refractivity contribution in [3.63, 3.8) is 0 Å². The number of hydrazine groups is 1. The van der Waals surface area contributed by atoms with Gasteiger partial charge in [-0.05, 0) is 31.9 Å². The van der Waals surface area contributed by atoms with Gasteiger partial charge in [0.15, 0.2) is 0 Å². The van der Waals surface area contributed by atoms with E-state index in [1.165, 1.54) is 11.1 Å². The fraction of sp³-hybridized carbons (Fsp3) is 0.500. The Bertz CT molecular complexity index is 323. The van der Waals surface area contributed by atoms with Crippen molar-refractivity contribution in [2.45, 2.75) is 32.4 Å². The lowest BCUT2D eigenvalue weighted by Crippen LogP contribution is -2.44. The molecule has 0 aliphatic carbocycles. The molecule has 0 radical (unpaired) electrons. The Morgan fingerprint density at radius 3 is 2.40 bits per heavy atom. The van der Waals surface area contributed by atoms with Crippen LogP contribution in [0.25, 0.3) is 0 Å². The summed E-state index contributed by atoms with van der Waals surface area (Å²) in [5, 5.41) is 0. The highest BCUT2D eigenvalue weighted by molar-refractivity contribution is 5.30. The monoisotopic (exact) mass is 208 g/mol. The van der Waals surface area contributed by atoms with E-state index < -0.39 is 0 Å². The number of hydrogen-bond acceptors (Lipinski definition) is 3. The summed E-state index contributed by atoms with van der Waals surface area (Å²) >= 11 is 0. The molecule has 1 aromatic rings. The minimum absolute atomic E-state index is 0.0105. The number of rotatable bonds is 4. The molecule has 0 spiro atoms. The SMILES string of the molecule is COC(C)(C)C(NN)c1ccccc1C. The van der Waals surface area contributed by atoms with Crippen molar-refractivity contribution in [3.8, 4) is 0 Å². The van der Waals surface area contributed by atoms with Crippen LogP contribution in [-0.4, -0.2) is 12.7 Å². The lowest BCUT2D eigenvalue weighted by Gasteiger charge is -2.33. The van der Waals surface area contributed by atoms with E-state index in [1.54, 1.807) is 7.11 Å². The summed E-state index contributed by atoms with van der Waals surface area (Å²) < 4.78 is 5.46. The van der Waals surface area contributed by atoms with Crippen LogP contribution >= 0.6 is 0 Å². The van der Waals surface area contributed by atoms with E-state index in [0.29, 0.717) is 0 Å². The van der Waals surface area contributed by atoms with Gasteiger partial charge < -0.3 is 4.74 Å². The van der Waals surface area contributed by atoms with Crippen LogP contribution in [-0.2, 0) is 4.74 Å². The second kappa shape index (κ2) is 4.75. The summed E-state index contributed by atoms with van der Waals surface area (Å²) in [5.41, 5.74) is 4.88. The number of hydrogen-bond donors (Lipinski definition) is 2. The van der Waals surface area contributed by atoms with Gasteiger partial charge >= 0.3 is 0 Å². The van der Waals surface area contributed by atoms with Crippen LogP contribution in [0.2, 0.25) is 0 Å². The van der Waals surface area contributed by atoms with Crippen molar-refractivity contribution in [2.75, 3.05) is 7.11 Å². The number of benzene rings is 1. The van der Waals surface area contributed by atoms with E-state index in [0.717, 1.165) is 0 Å². The number of methoxy groups -OCH3 is 1. The highest BCUT2D eigenvalue weighted by Gasteiger charge is 2.30. The van der Waals surface area contributed by atoms with E-state index in [1.807, 2.05) is 26.0 Å². The summed E-state index contributed by atoms with van der Waals surface area (Å²) in [5.74, 6) is 5.61. The van der Waals surface area contributed by atoms with E-state index >= 15 is 0 Å². The molecule has 84 valence electrons. The fourth-order valence-electron chi connectivity index (χ4n) is 1.69. The third-order valence-corrected chi connectivity index (χ3v) is 2.89. The smallest absolute Gasteiger partial charge is 0.0829 e. The van der Waals surface area contributed by atoms with Crippen molar-refractivity contribution in [1.29, 1.82) is 0 Å². The summed E-state index contributed by atoms with van der Waals surface area (Å²) in [6.07, 6.45) is 0. The first-order valence-corrected chi connectivity index (χ1v) is 5.09. The summed E-state index contributed by atoms with van der Waals surface area (Å²) in [4.78, 5) is 0. The minimum atomic E-state index is -0.332. The van der Waals surface area contributed by atoms with Crippen LogP contribution in [0, 0.1) is 6.92 Å². The molecule has 0 aliphatic heterocycles. The van der Waals surface area contributed by atoms with Gasteiger partial charge in [0, 0.05) is 7.11 Å². The lowest BCUT2D eigenvalue weighted by atomic mass is 9.89. The van der Waals surface area contributed by atoms with Gasteiger partial charge in [0.05, 0.1) is 11.6 Å². The summed E-state index contributed by atoms with van der Waals surface area (Å²) in [6.45, 7) is 6.11. The van der Waals surface area contributed by atoms with Crippen LogP contribution in [0.1, 0.15) is 31.0 Å². The first-order valence-electron chi connectivity index (χ1n) is 5.09. The quantitative estimate of drug-likeness (QED) is 0.587. The molecule has 0 saturated carbocycles. The molecule has 3 heteroatoms. The number of nitrogens with two attached hydrogens (primary N) is 1. The molecular formula is C12H20N2O.